The van der Waals surface area contributed by atoms with Crippen LogP contribution in [0.1, 0.15) is 22.4 Å². The molecule has 2 rings (SSSR count). The minimum Gasteiger partial charge on any atom is -0.349 e. The molecular formula is C12H17N3S. The van der Waals surface area contributed by atoms with E-state index in [0.29, 0.717) is 0 Å². The first kappa shape index (κ1) is 11.4. The van der Waals surface area contributed by atoms with Crippen LogP contribution >= 0.6 is 11.3 Å². The average Bonchev–Trinajstić information content (AvgIpc) is 2.86. The van der Waals surface area contributed by atoms with E-state index in [0.717, 1.165) is 24.6 Å². The highest BCUT2D eigenvalue weighted by Crippen LogP contribution is 2.13. The summed E-state index contributed by atoms with van der Waals surface area (Å²) in [4.78, 5) is 5.57. The Bertz CT molecular complexity index is 445. The van der Waals surface area contributed by atoms with Crippen LogP contribution in [-0.2, 0) is 13.1 Å². The number of hydrogen-bond donors (Lipinski definition) is 1. The first-order valence-electron chi connectivity index (χ1n) is 5.54. The van der Waals surface area contributed by atoms with Crippen molar-refractivity contribution >= 4 is 11.3 Å². The molecule has 0 aliphatic heterocycles. The first-order valence-corrected chi connectivity index (χ1v) is 6.36. The molecule has 0 spiro atoms. The third-order valence-electron chi connectivity index (χ3n) is 2.40. The summed E-state index contributed by atoms with van der Waals surface area (Å²) >= 11 is 1.76. The van der Waals surface area contributed by atoms with Crippen molar-refractivity contribution in [2.45, 2.75) is 26.9 Å². The average molecular weight is 235 g/mol. The standard InChI is InChI=1S/C12H17N3S/c1-3-13-6-11-4-5-15(8-11)9-12-7-14-10(2)16-12/h4-5,7-8,13H,3,6,9H2,1-2H3. The summed E-state index contributed by atoms with van der Waals surface area (Å²) in [5, 5.41) is 4.46. The number of hydrogen-bond acceptors (Lipinski definition) is 3. The van der Waals surface area contributed by atoms with E-state index in [2.05, 4.69) is 40.3 Å². The smallest absolute Gasteiger partial charge is 0.0897 e. The normalized spacial score (nSPS) is 10.9. The van der Waals surface area contributed by atoms with E-state index < -0.39 is 0 Å². The molecule has 0 aliphatic rings. The molecule has 2 heterocycles. The van der Waals surface area contributed by atoms with E-state index >= 15 is 0 Å². The number of thiazole rings is 1. The molecule has 1 N–H and O–H groups in total. The van der Waals surface area contributed by atoms with E-state index in [9.17, 15) is 0 Å². The van der Waals surface area contributed by atoms with E-state index in [1.165, 1.54) is 10.4 Å². The van der Waals surface area contributed by atoms with Crippen molar-refractivity contribution in [1.82, 2.24) is 14.9 Å². The molecule has 0 fully saturated rings. The fourth-order valence-corrected chi connectivity index (χ4v) is 2.43. The Labute approximate surface area is 100 Å². The molecule has 0 aromatic carbocycles. The van der Waals surface area contributed by atoms with E-state index in [1.54, 1.807) is 11.3 Å². The molecule has 4 heteroatoms. The zero-order chi connectivity index (χ0) is 11.4. The lowest BCUT2D eigenvalue weighted by Gasteiger charge is -1.99. The van der Waals surface area contributed by atoms with Crippen molar-refractivity contribution in [3.63, 3.8) is 0 Å². The summed E-state index contributed by atoms with van der Waals surface area (Å²) in [6.07, 6.45) is 6.28. The molecule has 0 radical (unpaired) electrons. The minimum atomic E-state index is 0.928. The molecule has 3 nitrogen and oxygen atoms in total. The van der Waals surface area contributed by atoms with Gasteiger partial charge in [-0.3, -0.25) is 0 Å². The van der Waals surface area contributed by atoms with Gasteiger partial charge in [-0.1, -0.05) is 6.92 Å². The van der Waals surface area contributed by atoms with E-state index in [4.69, 9.17) is 0 Å². The minimum absolute atomic E-state index is 0.928. The Balaban J connectivity index is 1.97. The van der Waals surface area contributed by atoms with Gasteiger partial charge in [0.05, 0.1) is 11.6 Å². The van der Waals surface area contributed by atoms with Crippen LogP contribution in [0.15, 0.2) is 24.7 Å². The molecule has 0 saturated heterocycles. The van der Waals surface area contributed by atoms with E-state index in [1.807, 2.05) is 13.1 Å². The van der Waals surface area contributed by atoms with Crippen LogP contribution in [0.4, 0.5) is 0 Å². The lowest BCUT2D eigenvalue weighted by molar-refractivity contribution is 0.722. The molecule has 2 aromatic rings. The summed E-state index contributed by atoms with van der Waals surface area (Å²) in [6.45, 7) is 7.06. The number of rotatable bonds is 5. The van der Waals surface area contributed by atoms with Gasteiger partial charge in [-0.15, -0.1) is 11.3 Å². The molecular weight excluding hydrogens is 218 g/mol. The molecule has 0 unspecified atom stereocenters. The van der Waals surface area contributed by atoms with Gasteiger partial charge in [0.15, 0.2) is 0 Å². The molecule has 86 valence electrons. The highest BCUT2D eigenvalue weighted by Gasteiger charge is 2.00. The van der Waals surface area contributed by atoms with Gasteiger partial charge < -0.3 is 9.88 Å². The van der Waals surface area contributed by atoms with Crippen molar-refractivity contribution in [2.75, 3.05) is 6.54 Å². The molecule has 2 aromatic heterocycles. The van der Waals surface area contributed by atoms with Crippen molar-refractivity contribution < 1.29 is 0 Å². The van der Waals surface area contributed by atoms with Crippen molar-refractivity contribution in [3.05, 3.63) is 40.1 Å². The van der Waals surface area contributed by atoms with Crippen LogP contribution in [0.5, 0.6) is 0 Å². The predicted octanol–water partition coefficient (Wildman–Crippen LogP) is 2.41. The largest absolute Gasteiger partial charge is 0.349 e. The van der Waals surface area contributed by atoms with Gasteiger partial charge in [-0.2, -0.15) is 0 Å². The van der Waals surface area contributed by atoms with Gasteiger partial charge in [0.2, 0.25) is 0 Å². The quantitative estimate of drug-likeness (QED) is 0.862. The number of nitrogens with zero attached hydrogens (tertiary/aromatic N) is 2. The SMILES string of the molecule is CCNCc1ccn(Cc2cnc(C)s2)c1. The highest BCUT2D eigenvalue weighted by molar-refractivity contribution is 7.11. The van der Waals surface area contributed by atoms with Crippen molar-refractivity contribution in [3.8, 4) is 0 Å². The number of aromatic nitrogens is 2. The number of nitrogens with one attached hydrogen (secondary N) is 1. The second-order valence-electron chi connectivity index (χ2n) is 3.82. The Kier molecular flexibility index (Phi) is 3.74. The summed E-state index contributed by atoms with van der Waals surface area (Å²) in [5.41, 5.74) is 1.34. The summed E-state index contributed by atoms with van der Waals surface area (Å²) < 4.78 is 2.21. The van der Waals surface area contributed by atoms with E-state index in [-0.39, 0.29) is 0 Å². The Morgan fingerprint density at radius 2 is 2.38 bits per heavy atom. The van der Waals surface area contributed by atoms with Gasteiger partial charge in [0.1, 0.15) is 0 Å². The van der Waals surface area contributed by atoms with Gasteiger partial charge in [0.25, 0.3) is 0 Å². The summed E-state index contributed by atoms with van der Waals surface area (Å²) in [7, 11) is 0. The molecule has 0 atom stereocenters. The topological polar surface area (TPSA) is 29.9 Å². The number of aryl methyl sites for hydroxylation is 1. The molecule has 16 heavy (non-hydrogen) atoms. The van der Waals surface area contributed by atoms with Crippen LogP contribution in [0.2, 0.25) is 0 Å². The third-order valence-corrected chi connectivity index (χ3v) is 3.30. The fraction of sp³-hybridized carbons (Fsp3) is 0.417. The predicted molar refractivity (Wildman–Crippen MR) is 67.8 cm³/mol. The monoisotopic (exact) mass is 235 g/mol. The van der Waals surface area contributed by atoms with Crippen molar-refractivity contribution in [1.29, 1.82) is 0 Å². The summed E-state index contributed by atoms with van der Waals surface area (Å²) in [6, 6.07) is 2.16. The van der Waals surface area contributed by atoms with Gasteiger partial charge in [0, 0.05) is 30.0 Å². The molecule has 0 saturated carbocycles. The molecule has 0 bridgehead atoms. The lowest BCUT2D eigenvalue weighted by Crippen LogP contribution is -2.11. The van der Waals surface area contributed by atoms with Crippen LogP contribution in [0.25, 0.3) is 0 Å². The second-order valence-corrected chi connectivity index (χ2v) is 5.14. The lowest BCUT2D eigenvalue weighted by atomic mass is 10.3. The Morgan fingerprint density at radius 1 is 1.50 bits per heavy atom. The van der Waals surface area contributed by atoms with Crippen LogP contribution in [-0.4, -0.2) is 16.1 Å². The maximum absolute atomic E-state index is 4.26. The maximum atomic E-state index is 4.26. The zero-order valence-electron chi connectivity index (χ0n) is 9.73. The third kappa shape index (κ3) is 2.93. The van der Waals surface area contributed by atoms with Crippen LogP contribution in [0, 0.1) is 6.92 Å². The van der Waals surface area contributed by atoms with Gasteiger partial charge >= 0.3 is 0 Å². The molecule has 0 amide bonds. The van der Waals surface area contributed by atoms with Crippen LogP contribution in [0.3, 0.4) is 0 Å². The maximum Gasteiger partial charge on any atom is 0.0897 e. The first-order chi connectivity index (χ1) is 7.78. The highest BCUT2D eigenvalue weighted by atomic mass is 32.1. The fourth-order valence-electron chi connectivity index (χ4n) is 1.62. The van der Waals surface area contributed by atoms with Gasteiger partial charge in [-0.05, 0) is 25.1 Å². The zero-order valence-corrected chi connectivity index (χ0v) is 10.5. The summed E-state index contributed by atoms with van der Waals surface area (Å²) in [5.74, 6) is 0. The Morgan fingerprint density at radius 3 is 3.06 bits per heavy atom. The Hall–Kier alpha value is -1.13. The van der Waals surface area contributed by atoms with Crippen molar-refractivity contribution in [2.24, 2.45) is 0 Å². The second kappa shape index (κ2) is 5.27. The van der Waals surface area contributed by atoms with Gasteiger partial charge in [-0.25, -0.2) is 4.98 Å². The molecule has 0 aliphatic carbocycles. The van der Waals surface area contributed by atoms with Crippen LogP contribution < -0.4 is 5.32 Å².